The third kappa shape index (κ3) is 1.10. The van der Waals surface area contributed by atoms with E-state index in [1.54, 1.807) is 6.92 Å². The number of carbonyl (C=O) groups is 2. The molecule has 3 heteroatoms. The van der Waals surface area contributed by atoms with E-state index < -0.39 is 0 Å². The molecule has 0 N–H and O–H groups in total. The zero-order valence-corrected chi connectivity index (χ0v) is 8.00. The molecule has 0 heterocycles. The maximum Gasteiger partial charge on any atom is 0.309 e. The minimum Gasteiger partial charge on any atom is -0.466 e. The molecule has 0 unspecified atom stereocenters. The standard InChI is InChI=1S/C10H14O3/c1-3-13-9(12)6-4-8(11)7-5-10(6,7)2/h6-7H,3-5H2,1-2H3/t6-,7-,10+/m0/s1. The van der Waals surface area contributed by atoms with Crippen LogP contribution in [0.25, 0.3) is 0 Å². The summed E-state index contributed by atoms with van der Waals surface area (Å²) in [5.41, 5.74) is -0.0522. The van der Waals surface area contributed by atoms with Crippen molar-refractivity contribution in [2.24, 2.45) is 17.3 Å². The van der Waals surface area contributed by atoms with E-state index in [9.17, 15) is 9.59 Å². The molecule has 2 aliphatic carbocycles. The molecule has 0 radical (unpaired) electrons. The molecular formula is C10H14O3. The number of ether oxygens (including phenoxy) is 1. The second kappa shape index (κ2) is 2.56. The molecule has 2 rings (SSSR count). The zero-order valence-electron chi connectivity index (χ0n) is 8.00. The molecule has 2 fully saturated rings. The molecule has 0 aliphatic heterocycles. The number of esters is 1. The van der Waals surface area contributed by atoms with Crippen LogP contribution in [0.3, 0.4) is 0 Å². The molecule has 0 aromatic carbocycles. The van der Waals surface area contributed by atoms with E-state index in [-0.39, 0.29) is 29.0 Å². The van der Waals surface area contributed by atoms with E-state index in [0.29, 0.717) is 13.0 Å². The Labute approximate surface area is 77.4 Å². The predicted molar refractivity (Wildman–Crippen MR) is 46.0 cm³/mol. The Kier molecular flexibility index (Phi) is 1.72. The lowest BCUT2D eigenvalue weighted by molar-refractivity contribution is -0.150. The Balaban J connectivity index is 2.09. The first-order valence-corrected chi connectivity index (χ1v) is 4.79. The van der Waals surface area contributed by atoms with E-state index in [2.05, 4.69) is 0 Å². The molecule has 0 aromatic heterocycles. The van der Waals surface area contributed by atoms with Gasteiger partial charge < -0.3 is 4.74 Å². The topological polar surface area (TPSA) is 43.4 Å². The Hall–Kier alpha value is -0.860. The summed E-state index contributed by atoms with van der Waals surface area (Å²) in [6, 6.07) is 0. The highest BCUT2D eigenvalue weighted by Crippen LogP contribution is 2.64. The van der Waals surface area contributed by atoms with Crippen molar-refractivity contribution in [2.75, 3.05) is 6.61 Å². The molecule has 13 heavy (non-hydrogen) atoms. The third-order valence-electron chi connectivity index (χ3n) is 3.44. The minimum atomic E-state index is -0.182. The van der Waals surface area contributed by atoms with Crippen molar-refractivity contribution >= 4 is 11.8 Å². The van der Waals surface area contributed by atoms with Crippen molar-refractivity contribution in [3.63, 3.8) is 0 Å². The van der Waals surface area contributed by atoms with Crippen LogP contribution in [0, 0.1) is 17.3 Å². The predicted octanol–water partition coefficient (Wildman–Crippen LogP) is 1.16. The maximum absolute atomic E-state index is 11.5. The van der Waals surface area contributed by atoms with Crippen LogP contribution < -0.4 is 0 Å². The number of ketones is 1. The van der Waals surface area contributed by atoms with Gasteiger partial charge in [0.1, 0.15) is 5.78 Å². The zero-order chi connectivity index (χ0) is 9.64. The van der Waals surface area contributed by atoms with Gasteiger partial charge in [-0.2, -0.15) is 0 Å². The lowest BCUT2D eigenvalue weighted by Gasteiger charge is -2.15. The van der Waals surface area contributed by atoms with Gasteiger partial charge in [-0.05, 0) is 18.8 Å². The molecule has 0 amide bonds. The van der Waals surface area contributed by atoms with Crippen LogP contribution in [0.15, 0.2) is 0 Å². The number of hydrogen-bond donors (Lipinski definition) is 0. The summed E-state index contributed by atoms with van der Waals surface area (Å²) in [4.78, 5) is 22.8. The fraction of sp³-hybridized carbons (Fsp3) is 0.800. The molecule has 2 saturated carbocycles. The van der Waals surface area contributed by atoms with E-state index >= 15 is 0 Å². The van der Waals surface area contributed by atoms with Crippen LogP contribution >= 0.6 is 0 Å². The van der Waals surface area contributed by atoms with Gasteiger partial charge in [0, 0.05) is 12.3 Å². The van der Waals surface area contributed by atoms with Crippen LogP contribution in [-0.2, 0) is 14.3 Å². The summed E-state index contributed by atoms with van der Waals surface area (Å²) < 4.78 is 4.95. The molecular weight excluding hydrogens is 168 g/mol. The SMILES string of the molecule is CCOC(=O)[C@@H]1CC(=O)[C@@H]2C[C@@]21C. The van der Waals surface area contributed by atoms with E-state index in [1.807, 2.05) is 6.92 Å². The molecule has 0 bridgehead atoms. The fourth-order valence-corrected chi connectivity index (χ4v) is 2.42. The largest absolute Gasteiger partial charge is 0.466 e. The van der Waals surface area contributed by atoms with Gasteiger partial charge in [0.05, 0.1) is 12.5 Å². The molecule has 0 aromatic rings. The van der Waals surface area contributed by atoms with Gasteiger partial charge in [-0.3, -0.25) is 9.59 Å². The number of Topliss-reactive ketones (excluding diaryl/α,β-unsaturated/α-hetero) is 1. The van der Waals surface area contributed by atoms with Gasteiger partial charge in [0.25, 0.3) is 0 Å². The van der Waals surface area contributed by atoms with Crippen molar-refractivity contribution in [1.82, 2.24) is 0 Å². The first kappa shape index (κ1) is 8.73. The summed E-state index contributed by atoms with van der Waals surface area (Å²) >= 11 is 0. The summed E-state index contributed by atoms with van der Waals surface area (Å²) in [5, 5.41) is 0. The average Bonchev–Trinajstić information content (AvgIpc) is 2.68. The van der Waals surface area contributed by atoms with Gasteiger partial charge >= 0.3 is 5.97 Å². The van der Waals surface area contributed by atoms with Crippen LogP contribution in [0.4, 0.5) is 0 Å². The van der Waals surface area contributed by atoms with Crippen LogP contribution in [0.2, 0.25) is 0 Å². The Morgan fingerprint density at radius 3 is 2.77 bits per heavy atom. The van der Waals surface area contributed by atoms with Gasteiger partial charge in [0.2, 0.25) is 0 Å². The summed E-state index contributed by atoms with van der Waals surface area (Å²) in [6.07, 6.45) is 1.29. The molecule has 0 saturated heterocycles. The van der Waals surface area contributed by atoms with Gasteiger partial charge in [-0.15, -0.1) is 0 Å². The highest BCUT2D eigenvalue weighted by molar-refractivity contribution is 5.94. The summed E-state index contributed by atoms with van der Waals surface area (Å²) in [5.74, 6) is 0.0609. The normalized spacial score (nSPS) is 41.5. The van der Waals surface area contributed by atoms with E-state index in [0.717, 1.165) is 6.42 Å². The Morgan fingerprint density at radius 2 is 2.38 bits per heavy atom. The average molecular weight is 182 g/mol. The first-order valence-electron chi connectivity index (χ1n) is 4.79. The molecule has 2 aliphatic rings. The second-order valence-corrected chi connectivity index (χ2v) is 4.24. The van der Waals surface area contributed by atoms with Crippen molar-refractivity contribution in [1.29, 1.82) is 0 Å². The van der Waals surface area contributed by atoms with Gasteiger partial charge in [-0.25, -0.2) is 0 Å². The van der Waals surface area contributed by atoms with Gasteiger partial charge in [0.15, 0.2) is 0 Å². The fourth-order valence-electron chi connectivity index (χ4n) is 2.42. The minimum absolute atomic E-state index is 0.0522. The highest BCUT2D eigenvalue weighted by Gasteiger charge is 2.66. The van der Waals surface area contributed by atoms with Crippen molar-refractivity contribution in [2.45, 2.75) is 26.7 Å². The molecule has 3 nitrogen and oxygen atoms in total. The Bertz CT molecular complexity index is 271. The van der Waals surface area contributed by atoms with Crippen molar-refractivity contribution < 1.29 is 14.3 Å². The van der Waals surface area contributed by atoms with Crippen molar-refractivity contribution in [3.8, 4) is 0 Å². The molecule has 0 spiro atoms. The van der Waals surface area contributed by atoms with Crippen molar-refractivity contribution in [3.05, 3.63) is 0 Å². The lowest BCUT2D eigenvalue weighted by Crippen LogP contribution is -2.23. The quantitative estimate of drug-likeness (QED) is 0.602. The van der Waals surface area contributed by atoms with E-state index in [4.69, 9.17) is 4.74 Å². The van der Waals surface area contributed by atoms with Gasteiger partial charge in [-0.1, -0.05) is 6.92 Å². The van der Waals surface area contributed by atoms with E-state index in [1.165, 1.54) is 0 Å². The number of hydrogen-bond acceptors (Lipinski definition) is 3. The first-order chi connectivity index (χ1) is 6.09. The third-order valence-corrected chi connectivity index (χ3v) is 3.44. The number of fused-ring (bicyclic) bond motifs is 1. The second-order valence-electron chi connectivity index (χ2n) is 4.24. The summed E-state index contributed by atoms with van der Waals surface area (Å²) in [6.45, 7) is 4.22. The maximum atomic E-state index is 11.5. The van der Waals surface area contributed by atoms with Crippen LogP contribution in [0.1, 0.15) is 26.7 Å². The smallest absolute Gasteiger partial charge is 0.309 e. The highest BCUT2D eigenvalue weighted by atomic mass is 16.5. The summed E-state index contributed by atoms with van der Waals surface area (Å²) in [7, 11) is 0. The van der Waals surface area contributed by atoms with Crippen LogP contribution in [0.5, 0.6) is 0 Å². The monoisotopic (exact) mass is 182 g/mol. The van der Waals surface area contributed by atoms with Crippen LogP contribution in [-0.4, -0.2) is 18.4 Å². The Morgan fingerprint density at radius 1 is 1.69 bits per heavy atom. The number of carbonyl (C=O) groups excluding carboxylic acids is 2. The molecule has 72 valence electrons. The number of rotatable bonds is 2. The lowest BCUT2D eigenvalue weighted by atomic mass is 9.92. The molecule has 3 atom stereocenters.